The van der Waals surface area contributed by atoms with Gasteiger partial charge in [0.05, 0.1) is 0 Å². The maximum atomic E-state index is 12.3. The van der Waals surface area contributed by atoms with E-state index in [4.69, 9.17) is 4.74 Å². The number of carbonyl (C=O) groups excluding carboxylic acids is 2. The van der Waals surface area contributed by atoms with E-state index in [1.807, 2.05) is 48.5 Å². The Kier molecular flexibility index (Phi) is 6.88. The van der Waals surface area contributed by atoms with Gasteiger partial charge in [-0.2, -0.15) is 0 Å². The first kappa shape index (κ1) is 22.3. The molecule has 1 heterocycles. The van der Waals surface area contributed by atoms with Crippen LogP contribution < -0.4 is 10.0 Å². The fourth-order valence-electron chi connectivity index (χ4n) is 3.01. The Morgan fingerprint density at radius 3 is 2.42 bits per heavy atom. The molecule has 2 N–H and O–H groups in total. The number of nitrogens with zero attached hydrogens (tertiary/aromatic N) is 1. The van der Waals surface area contributed by atoms with E-state index >= 15 is 0 Å². The lowest BCUT2D eigenvalue weighted by atomic mass is 10.0. The highest BCUT2D eigenvalue weighted by Gasteiger charge is 2.21. The van der Waals surface area contributed by atoms with Gasteiger partial charge in [0.25, 0.3) is 5.91 Å². The maximum absolute atomic E-state index is 12.3. The molecule has 0 aliphatic carbocycles. The number of carbonyl (C=O) groups is 2. The first-order chi connectivity index (χ1) is 14.8. The summed E-state index contributed by atoms with van der Waals surface area (Å²) in [5.74, 6) is -1.29. The summed E-state index contributed by atoms with van der Waals surface area (Å²) in [5.41, 5.74) is 2.68. The van der Waals surface area contributed by atoms with Gasteiger partial charge in [-0.3, -0.25) is 4.79 Å². The second kappa shape index (κ2) is 9.59. The first-order valence-corrected chi connectivity index (χ1v) is 11.0. The van der Waals surface area contributed by atoms with Crippen LogP contribution in [0, 0.1) is 0 Å². The van der Waals surface area contributed by atoms with Gasteiger partial charge in [-0.25, -0.2) is 17.9 Å². The highest BCUT2D eigenvalue weighted by atomic mass is 32.2. The summed E-state index contributed by atoms with van der Waals surface area (Å²) in [6.07, 6.45) is 1.94. The number of aryl methyl sites for hydroxylation is 1. The minimum absolute atomic E-state index is 0.0195. The molecule has 3 aromatic rings. The van der Waals surface area contributed by atoms with Crippen molar-refractivity contribution < 1.29 is 22.7 Å². The lowest BCUT2D eigenvalue weighted by Gasteiger charge is -2.11. The van der Waals surface area contributed by atoms with Gasteiger partial charge in [0.2, 0.25) is 10.0 Å². The molecule has 31 heavy (non-hydrogen) atoms. The molecule has 0 fully saturated rings. The van der Waals surface area contributed by atoms with Crippen molar-refractivity contribution in [3.63, 3.8) is 0 Å². The van der Waals surface area contributed by atoms with Crippen LogP contribution in [0.5, 0.6) is 0 Å². The summed E-state index contributed by atoms with van der Waals surface area (Å²) in [6.45, 7) is -0.502. The summed E-state index contributed by atoms with van der Waals surface area (Å²) in [6, 6.07) is 18.4. The number of hydrogen-bond acceptors (Lipinski definition) is 5. The first-order valence-electron chi connectivity index (χ1n) is 9.49. The van der Waals surface area contributed by atoms with E-state index in [0.717, 1.165) is 11.1 Å². The summed E-state index contributed by atoms with van der Waals surface area (Å²) in [4.78, 5) is 24.6. The van der Waals surface area contributed by atoms with E-state index in [-0.39, 0.29) is 10.6 Å². The normalized spacial score (nSPS) is 11.2. The molecule has 0 radical (unpaired) electrons. The predicted molar refractivity (Wildman–Crippen MR) is 116 cm³/mol. The van der Waals surface area contributed by atoms with Gasteiger partial charge in [0.15, 0.2) is 6.61 Å². The Labute approximate surface area is 180 Å². The summed E-state index contributed by atoms with van der Waals surface area (Å²) in [7, 11) is -0.897. The number of benzene rings is 2. The minimum Gasteiger partial charge on any atom is -0.451 e. The Hall–Kier alpha value is -3.43. The molecular formula is C22H23N3O5S. The van der Waals surface area contributed by atoms with Gasteiger partial charge in [-0.1, -0.05) is 48.5 Å². The number of anilines is 1. The molecule has 0 spiro atoms. The van der Waals surface area contributed by atoms with E-state index in [2.05, 4.69) is 10.0 Å². The zero-order valence-electron chi connectivity index (χ0n) is 17.2. The highest BCUT2D eigenvalue weighted by molar-refractivity contribution is 7.89. The van der Waals surface area contributed by atoms with Crippen LogP contribution in [0.15, 0.2) is 71.8 Å². The van der Waals surface area contributed by atoms with Crippen LogP contribution >= 0.6 is 0 Å². The molecule has 2 aromatic carbocycles. The quantitative estimate of drug-likeness (QED) is 0.522. The van der Waals surface area contributed by atoms with Crippen molar-refractivity contribution in [2.45, 2.75) is 11.3 Å². The Morgan fingerprint density at radius 2 is 1.71 bits per heavy atom. The number of sulfonamides is 1. The molecule has 0 saturated heterocycles. The topological polar surface area (TPSA) is 106 Å². The van der Waals surface area contributed by atoms with E-state index in [0.29, 0.717) is 12.1 Å². The molecule has 0 bridgehead atoms. The SMILES string of the molecule is CNS(=O)(=O)c1cc(C(=O)OCC(=O)Nc2ccccc2Cc2ccccc2)n(C)c1. The minimum atomic E-state index is -3.69. The number of esters is 1. The van der Waals surface area contributed by atoms with Gasteiger partial charge in [0.1, 0.15) is 10.6 Å². The zero-order chi connectivity index (χ0) is 22.4. The van der Waals surface area contributed by atoms with Gasteiger partial charge in [-0.05, 0) is 36.7 Å². The molecule has 0 saturated carbocycles. The maximum Gasteiger partial charge on any atom is 0.355 e. The fourth-order valence-corrected chi connectivity index (χ4v) is 3.80. The number of amides is 1. The van der Waals surface area contributed by atoms with Crippen molar-refractivity contribution in [1.29, 1.82) is 0 Å². The van der Waals surface area contributed by atoms with Crippen LogP contribution in [-0.4, -0.2) is 38.5 Å². The zero-order valence-corrected chi connectivity index (χ0v) is 18.0. The van der Waals surface area contributed by atoms with Crippen molar-refractivity contribution in [3.05, 3.63) is 83.7 Å². The Balaban J connectivity index is 1.63. The van der Waals surface area contributed by atoms with Crippen LogP contribution in [-0.2, 0) is 33.0 Å². The number of ether oxygens (including phenoxy) is 1. The molecule has 0 aliphatic rings. The van der Waals surface area contributed by atoms with E-state index in [1.54, 1.807) is 6.07 Å². The van der Waals surface area contributed by atoms with E-state index < -0.39 is 28.5 Å². The van der Waals surface area contributed by atoms with Crippen LogP contribution in [0.3, 0.4) is 0 Å². The van der Waals surface area contributed by atoms with Gasteiger partial charge in [0, 0.05) is 18.9 Å². The molecule has 0 aliphatic heterocycles. The molecule has 0 unspecified atom stereocenters. The third kappa shape index (κ3) is 5.59. The lowest BCUT2D eigenvalue weighted by Crippen LogP contribution is -2.22. The summed E-state index contributed by atoms with van der Waals surface area (Å²) in [5, 5.41) is 2.76. The van der Waals surface area contributed by atoms with Gasteiger partial charge < -0.3 is 14.6 Å². The number of aromatic nitrogens is 1. The van der Waals surface area contributed by atoms with Crippen molar-refractivity contribution in [1.82, 2.24) is 9.29 Å². The second-order valence-electron chi connectivity index (χ2n) is 6.82. The Bertz CT molecular complexity index is 1190. The van der Waals surface area contributed by atoms with Crippen LogP contribution in [0.1, 0.15) is 21.6 Å². The van der Waals surface area contributed by atoms with Crippen molar-refractivity contribution >= 4 is 27.6 Å². The van der Waals surface area contributed by atoms with Crippen molar-refractivity contribution in [3.8, 4) is 0 Å². The molecule has 1 aromatic heterocycles. The van der Waals surface area contributed by atoms with Gasteiger partial charge in [-0.15, -0.1) is 0 Å². The number of rotatable bonds is 8. The molecule has 3 rings (SSSR count). The molecule has 1 amide bonds. The molecule has 0 atom stereocenters. The number of nitrogens with one attached hydrogen (secondary N) is 2. The molecular weight excluding hydrogens is 418 g/mol. The Morgan fingerprint density at radius 1 is 1.03 bits per heavy atom. The lowest BCUT2D eigenvalue weighted by molar-refractivity contribution is -0.119. The number of para-hydroxylation sites is 1. The summed E-state index contributed by atoms with van der Waals surface area (Å²) >= 11 is 0. The third-order valence-corrected chi connectivity index (χ3v) is 6.01. The van der Waals surface area contributed by atoms with E-state index in [9.17, 15) is 18.0 Å². The molecule has 162 valence electrons. The smallest absolute Gasteiger partial charge is 0.355 e. The average Bonchev–Trinajstić information content (AvgIpc) is 3.17. The van der Waals surface area contributed by atoms with E-state index in [1.165, 1.54) is 30.9 Å². The summed E-state index contributed by atoms with van der Waals surface area (Å²) < 4.78 is 32.3. The third-order valence-electron chi connectivity index (χ3n) is 4.63. The molecule has 9 heteroatoms. The van der Waals surface area contributed by atoms with Gasteiger partial charge >= 0.3 is 5.97 Å². The second-order valence-corrected chi connectivity index (χ2v) is 8.71. The van der Waals surface area contributed by atoms with Crippen molar-refractivity contribution in [2.75, 3.05) is 19.0 Å². The van der Waals surface area contributed by atoms with Crippen LogP contribution in [0.2, 0.25) is 0 Å². The predicted octanol–water partition coefficient (Wildman–Crippen LogP) is 2.32. The van der Waals surface area contributed by atoms with Crippen molar-refractivity contribution in [2.24, 2.45) is 7.05 Å². The average molecular weight is 442 g/mol. The monoisotopic (exact) mass is 441 g/mol. The highest BCUT2D eigenvalue weighted by Crippen LogP contribution is 2.19. The standard InChI is InChI=1S/C22H23N3O5S/c1-23-31(28,29)18-13-20(25(2)14-18)22(27)30-15-21(26)24-19-11-7-6-10-17(19)12-16-8-4-3-5-9-16/h3-11,13-14,23H,12,15H2,1-2H3,(H,24,26). The number of hydrogen-bond donors (Lipinski definition) is 2. The molecule has 8 nitrogen and oxygen atoms in total. The van der Waals surface area contributed by atoms with Crippen LogP contribution in [0.4, 0.5) is 5.69 Å². The largest absolute Gasteiger partial charge is 0.451 e. The van der Waals surface area contributed by atoms with Crippen LogP contribution in [0.25, 0.3) is 0 Å². The fraction of sp³-hybridized carbons (Fsp3) is 0.182.